The Morgan fingerprint density at radius 2 is 1.59 bits per heavy atom. The molecule has 0 amide bonds. The molecule has 124 valence electrons. The molecule has 0 atom stereocenters. The fraction of sp³-hybridized carbons (Fsp3) is 0.684. The van der Waals surface area contributed by atoms with E-state index >= 15 is 0 Å². The van der Waals surface area contributed by atoms with Crippen LogP contribution in [0.15, 0.2) is 24.3 Å². The molecular formula is C19H32N2O. The number of hydrogen-bond donors (Lipinski definition) is 0. The van der Waals surface area contributed by atoms with E-state index in [0.29, 0.717) is 0 Å². The number of nitrogens with zero attached hydrogens (tertiary/aromatic N) is 2. The molecule has 0 saturated carbocycles. The first kappa shape index (κ1) is 17.3. The SMILES string of the molecule is CCCCCCCOc1ccc(CN2CCN(C)CC2)cc1. The molecule has 1 saturated heterocycles. The van der Waals surface area contributed by atoms with Crippen molar-refractivity contribution >= 4 is 0 Å². The van der Waals surface area contributed by atoms with E-state index in [1.807, 2.05) is 0 Å². The van der Waals surface area contributed by atoms with Gasteiger partial charge in [0.25, 0.3) is 0 Å². The van der Waals surface area contributed by atoms with Gasteiger partial charge in [-0.15, -0.1) is 0 Å². The molecule has 3 nitrogen and oxygen atoms in total. The molecule has 3 heteroatoms. The Balaban J connectivity index is 1.64. The van der Waals surface area contributed by atoms with Crippen molar-refractivity contribution in [1.29, 1.82) is 0 Å². The number of ether oxygens (including phenoxy) is 1. The minimum absolute atomic E-state index is 0.849. The molecule has 1 heterocycles. The van der Waals surface area contributed by atoms with Gasteiger partial charge < -0.3 is 9.64 Å². The first-order valence-electron chi connectivity index (χ1n) is 8.90. The predicted octanol–water partition coefficient (Wildman–Crippen LogP) is 3.78. The highest BCUT2D eigenvalue weighted by Gasteiger charge is 2.13. The Labute approximate surface area is 136 Å². The highest BCUT2D eigenvalue weighted by molar-refractivity contribution is 5.27. The molecule has 1 aliphatic heterocycles. The van der Waals surface area contributed by atoms with Crippen molar-refractivity contribution in [3.8, 4) is 5.75 Å². The molecule has 0 spiro atoms. The van der Waals surface area contributed by atoms with Crippen LogP contribution in [0, 0.1) is 0 Å². The minimum atomic E-state index is 0.849. The molecule has 0 unspecified atom stereocenters. The second-order valence-electron chi connectivity index (χ2n) is 6.49. The molecule has 0 aliphatic carbocycles. The second kappa shape index (κ2) is 9.86. The molecule has 0 bridgehead atoms. The zero-order valence-electron chi connectivity index (χ0n) is 14.4. The van der Waals surface area contributed by atoms with Gasteiger partial charge in [0.15, 0.2) is 0 Å². The lowest BCUT2D eigenvalue weighted by Gasteiger charge is -2.32. The van der Waals surface area contributed by atoms with Crippen LogP contribution in [0.25, 0.3) is 0 Å². The molecule has 2 rings (SSSR count). The smallest absolute Gasteiger partial charge is 0.119 e. The van der Waals surface area contributed by atoms with Crippen LogP contribution in [-0.2, 0) is 6.54 Å². The summed E-state index contributed by atoms with van der Waals surface area (Å²) in [7, 11) is 2.20. The summed E-state index contributed by atoms with van der Waals surface area (Å²) in [5.41, 5.74) is 1.39. The van der Waals surface area contributed by atoms with Crippen LogP contribution in [0.4, 0.5) is 0 Å². The van der Waals surface area contributed by atoms with Crippen LogP contribution in [0.3, 0.4) is 0 Å². The monoisotopic (exact) mass is 304 g/mol. The maximum absolute atomic E-state index is 5.82. The lowest BCUT2D eigenvalue weighted by atomic mass is 10.1. The molecule has 0 radical (unpaired) electrons. The Morgan fingerprint density at radius 1 is 0.909 bits per heavy atom. The fourth-order valence-electron chi connectivity index (χ4n) is 2.85. The van der Waals surface area contributed by atoms with Gasteiger partial charge >= 0.3 is 0 Å². The van der Waals surface area contributed by atoms with Gasteiger partial charge in [-0.25, -0.2) is 0 Å². The lowest BCUT2D eigenvalue weighted by Crippen LogP contribution is -2.43. The van der Waals surface area contributed by atoms with Crippen molar-refractivity contribution in [1.82, 2.24) is 9.80 Å². The van der Waals surface area contributed by atoms with Crippen LogP contribution >= 0.6 is 0 Å². The molecule has 22 heavy (non-hydrogen) atoms. The minimum Gasteiger partial charge on any atom is -0.494 e. The predicted molar refractivity (Wildman–Crippen MR) is 93.5 cm³/mol. The average molecular weight is 304 g/mol. The molecule has 1 aliphatic rings. The number of rotatable bonds is 9. The van der Waals surface area contributed by atoms with E-state index in [4.69, 9.17) is 4.74 Å². The third kappa shape index (κ3) is 6.37. The highest BCUT2D eigenvalue weighted by atomic mass is 16.5. The lowest BCUT2D eigenvalue weighted by molar-refractivity contribution is 0.148. The third-order valence-corrected chi connectivity index (χ3v) is 4.44. The van der Waals surface area contributed by atoms with Crippen molar-refractivity contribution in [3.63, 3.8) is 0 Å². The van der Waals surface area contributed by atoms with E-state index < -0.39 is 0 Å². The van der Waals surface area contributed by atoms with Gasteiger partial charge in [-0.05, 0) is 31.2 Å². The van der Waals surface area contributed by atoms with Crippen LogP contribution in [0.2, 0.25) is 0 Å². The van der Waals surface area contributed by atoms with Gasteiger partial charge in [-0.1, -0.05) is 44.7 Å². The summed E-state index contributed by atoms with van der Waals surface area (Å²) < 4.78 is 5.82. The Morgan fingerprint density at radius 3 is 2.27 bits per heavy atom. The van der Waals surface area contributed by atoms with E-state index in [-0.39, 0.29) is 0 Å². The molecule has 0 N–H and O–H groups in total. The van der Waals surface area contributed by atoms with Crippen LogP contribution in [-0.4, -0.2) is 49.6 Å². The van der Waals surface area contributed by atoms with E-state index in [0.717, 1.165) is 18.9 Å². The van der Waals surface area contributed by atoms with Crippen LogP contribution in [0.5, 0.6) is 5.75 Å². The van der Waals surface area contributed by atoms with E-state index in [9.17, 15) is 0 Å². The average Bonchev–Trinajstić information content (AvgIpc) is 2.54. The third-order valence-electron chi connectivity index (χ3n) is 4.44. The number of benzene rings is 1. The summed E-state index contributed by atoms with van der Waals surface area (Å²) in [6.45, 7) is 8.87. The van der Waals surface area contributed by atoms with Crippen molar-refractivity contribution in [3.05, 3.63) is 29.8 Å². The molecule has 0 aromatic heterocycles. The van der Waals surface area contributed by atoms with Gasteiger partial charge in [0.2, 0.25) is 0 Å². The second-order valence-corrected chi connectivity index (χ2v) is 6.49. The zero-order chi connectivity index (χ0) is 15.6. The summed E-state index contributed by atoms with van der Waals surface area (Å²) in [5, 5.41) is 0. The van der Waals surface area contributed by atoms with Crippen molar-refractivity contribution in [2.24, 2.45) is 0 Å². The number of hydrogen-bond acceptors (Lipinski definition) is 3. The summed E-state index contributed by atoms with van der Waals surface area (Å²) in [6, 6.07) is 8.67. The molecule has 1 fully saturated rings. The summed E-state index contributed by atoms with van der Waals surface area (Å²) in [4.78, 5) is 4.93. The maximum Gasteiger partial charge on any atom is 0.119 e. The zero-order valence-corrected chi connectivity index (χ0v) is 14.4. The van der Waals surface area contributed by atoms with Gasteiger partial charge in [0.05, 0.1) is 6.61 Å². The van der Waals surface area contributed by atoms with Crippen molar-refractivity contribution < 1.29 is 4.74 Å². The topological polar surface area (TPSA) is 15.7 Å². The van der Waals surface area contributed by atoms with Crippen LogP contribution < -0.4 is 4.74 Å². The van der Waals surface area contributed by atoms with Gasteiger partial charge in [0.1, 0.15) is 5.75 Å². The standard InChI is InChI=1S/C19H32N2O/c1-3-4-5-6-7-16-22-19-10-8-18(9-11-19)17-21-14-12-20(2)13-15-21/h8-11H,3-7,12-17H2,1-2H3. The first-order chi connectivity index (χ1) is 10.8. The van der Waals surface area contributed by atoms with E-state index in [1.54, 1.807) is 0 Å². The highest BCUT2D eigenvalue weighted by Crippen LogP contribution is 2.15. The Hall–Kier alpha value is -1.06. The summed E-state index contributed by atoms with van der Waals surface area (Å²) in [6.07, 6.45) is 6.44. The van der Waals surface area contributed by atoms with E-state index in [2.05, 4.69) is 48.0 Å². The molecule has 1 aromatic carbocycles. The summed E-state index contributed by atoms with van der Waals surface area (Å²) >= 11 is 0. The van der Waals surface area contributed by atoms with Gasteiger partial charge in [-0.2, -0.15) is 0 Å². The van der Waals surface area contributed by atoms with E-state index in [1.165, 1.54) is 63.8 Å². The number of likely N-dealkylation sites (N-methyl/N-ethyl adjacent to an activating group) is 1. The fourth-order valence-corrected chi connectivity index (χ4v) is 2.85. The van der Waals surface area contributed by atoms with Crippen LogP contribution in [0.1, 0.15) is 44.6 Å². The quantitative estimate of drug-likeness (QED) is 0.646. The summed E-state index contributed by atoms with van der Waals surface area (Å²) in [5.74, 6) is 1.01. The normalized spacial score (nSPS) is 16.8. The molecule has 1 aromatic rings. The van der Waals surface area contributed by atoms with Crippen molar-refractivity contribution in [2.45, 2.75) is 45.6 Å². The van der Waals surface area contributed by atoms with Gasteiger partial charge in [-0.3, -0.25) is 4.90 Å². The number of piperazine rings is 1. The maximum atomic E-state index is 5.82. The van der Waals surface area contributed by atoms with Gasteiger partial charge in [0, 0.05) is 32.7 Å². The van der Waals surface area contributed by atoms with Crippen molar-refractivity contribution in [2.75, 3.05) is 39.8 Å². The first-order valence-corrected chi connectivity index (χ1v) is 8.90. The Bertz CT molecular complexity index is 396. The number of unbranched alkanes of at least 4 members (excludes halogenated alkanes) is 4. The molecular weight excluding hydrogens is 272 g/mol. The Kier molecular flexibility index (Phi) is 7.75. The largest absolute Gasteiger partial charge is 0.494 e.